The molecular weight excluding hydrogens is 753 g/mol. The number of carbonyl (C=O) groups excluding carboxylic acids is 3. The van der Waals surface area contributed by atoms with E-state index < -0.39 is 43.4 Å². The first kappa shape index (κ1) is 41.7. The van der Waals surface area contributed by atoms with E-state index in [9.17, 15) is 31.2 Å². The van der Waals surface area contributed by atoms with Gasteiger partial charge in [0, 0.05) is 38.6 Å². The largest absolute Gasteiger partial charge is 0.379 e. The molecule has 0 atom stereocenters. The molecule has 1 saturated heterocycles. The molecule has 0 saturated carbocycles. The van der Waals surface area contributed by atoms with Gasteiger partial charge in [0.1, 0.15) is 21.2 Å². The topological polar surface area (TPSA) is 177 Å². The van der Waals surface area contributed by atoms with E-state index in [0.717, 1.165) is 14.2 Å². The maximum absolute atomic E-state index is 13.3. The smallest absolute Gasteiger partial charge is 0.285 e. The summed E-state index contributed by atoms with van der Waals surface area (Å²) in [6, 6.07) is 26.1. The number of nitrogens with one attached hydrogen (secondary N) is 2. The van der Waals surface area contributed by atoms with E-state index in [1.165, 1.54) is 6.92 Å². The number of hydrogen-bond acceptors (Lipinski definition) is 10. The lowest BCUT2D eigenvalue weighted by atomic mass is 10.0. The SMILES string of the molecule is CC(=O)N1CCC(NC2=C(c3ccccc3)S(=O)(=O)N(C(C)(C)C)C2=O)CC1.CC(C)N1C(=O)C(NCCc2cccc(C#N)c2)=C(c2ccccc2)S1(=O)=O. The summed E-state index contributed by atoms with van der Waals surface area (Å²) in [5, 5.41) is 15.2. The molecular formula is C41H48N6O7S2. The van der Waals surface area contributed by atoms with Gasteiger partial charge in [-0.1, -0.05) is 72.8 Å². The molecule has 3 aliphatic rings. The highest BCUT2D eigenvalue weighted by molar-refractivity contribution is 8.00. The van der Waals surface area contributed by atoms with Gasteiger partial charge in [-0.25, -0.2) is 25.4 Å². The van der Waals surface area contributed by atoms with E-state index >= 15 is 0 Å². The molecule has 3 amide bonds. The van der Waals surface area contributed by atoms with E-state index in [1.54, 1.807) is 118 Å². The highest BCUT2D eigenvalue weighted by Crippen LogP contribution is 2.39. The van der Waals surface area contributed by atoms with Crippen LogP contribution in [0.5, 0.6) is 0 Å². The fourth-order valence-corrected chi connectivity index (χ4v) is 10.9. The summed E-state index contributed by atoms with van der Waals surface area (Å²) in [5.41, 5.74) is 1.81. The van der Waals surface area contributed by atoms with Crippen molar-refractivity contribution in [3.63, 3.8) is 0 Å². The second-order valence-electron chi connectivity index (χ2n) is 15.0. The quantitative estimate of drug-likeness (QED) is 0.312. The summed E-state index contributed by atoms with van der Waals surface area (Å²) in [7, 11) is -7.90. The third kappa shape index (κ3) is 8.66. The van der Waals surface area contributed by atoms with Gasteiger partial charge in [-0.05, 0) is 82.7 Å². The molecule has 0 unspecified atom stereocenters. The molecule has 3 aromatic carbocycles. The van der Waals surface area contributed by atoms with Crippen molar-refractivity contribution in [1.82, 2.24) is 24.1 Å². The summed E-state index contributed by atoms with van der Waals surface area (Å²) in [6.45, 7) is 11.6. The minimum Gasteiger partial charge on any atom is -0.379 e. The first-order valence-electron chi connectivity index (χ1n) is 18.4. The molecule has 0 spiro atoms. The van der Waals surface area contributed by atoms with Crippen LogP contribution in [0.15, 0.2) is 96.3 Å². The zero-order valence-electron chi connectivity index (χ0n) is 32.4. The lowest BCUT2D eigenvalue weighted by Gasteiger charge is -2.33. The van der Waals surface area contributed by atoms with Crippen molar-refractivity contribution >= 4 is 47.6 Å². The first-order chi connectivity index (χ1) is 26.4. The minimum atomic E-state index is -3.98. The molecule has 13 nitrogen and oxygen atoms in total. The Labute approximate surface area is 329 Å². The van der Waals surface area contributed by atoms with Crippen molar-refractivity contribution < 1.29 is 31.2 Å². The molecule has 15 heteroatoms. The van der Waals surface area contributed by atoms with Crippen LogP contribution in [-0.2, 0) is 40.9 Å². The van der Waals surface area contributed by atoms with Gasteiger partial charge in [-0.3, -0.25) is 14.4 Å². The van der Waals surface area contributed by atoms with Gasteiger partial charge in [-0.2, -0.15) is 5.26 Å². The zero-order chi connectivity index (χ0) is 41.0. The third-order valence-electron chi connectivity index (χ3n) is 9.49. The average Bonchev–Trinajstić information content (AvgIpc) is 3.48. The molecule has 56 heavy (non-hydrogen) atoms. The normalized spacial score (nSPS) is 18.2. The van der Waals surface area contributed by atoms with Gasteiger partial charge in [0.2, 0.25) is 5.91 Å². The molecule has 3 aliphatic heterocycles. The van der Waals surface area contributed by atoms with Crippen LogP contribution in [-0.4, -0.2) is 85.3 Å². The molecule has 0 aliphatic carbocycles. The van der Waals surface area contributed by atoms with Crippen LogP contribution >= 0.6 is 0 Å². The highest BCUT2D eigenvalue weighted by Gasteiger charge is 2.50. The second kappa shape index (κ2) is 16.7. The van der Waals surface area contributed by atoms with Crippen LogP contribution in [0.1, 0.15) is 76.6 Å². The Kier molecular flexibility index (Phi) is 12.5. The van der Waals surface area contributed by atoms with Gasteiger partial charge >= 0.3 is 0 Å². The maximum atomic E-state index is 13.3. The van der Waals surface area contributed by atoms with E-state index in [4.69, 9.17) is 5.26 Å². The number of carbonyl (C=O) groups is 3. The van der Waals surface area contributed by atoms with E-state index in [2.05, 4.69) is 16.7 Å². The predicted octanol–water partition coefficient (Wildman–Crippen LogP) is 4.57. The summed E-state index contributed by atoms with van der Waals surface area (Å²) in [5.74, 6) is -1.04. The zero-order valence-corrected chi connectivity index (χ0v) is 34.1. The van der Waals surface area contributed by atoms with E-state index in [0.29, 0.717) is 55.6 Å². The third-order valence-corrected chi connectivity index (χ3v) is 13.7. The fraction of sp³-hybridized carbons (Fsp3) is 0.366. The molecule has 3 aromatic rings. The van der Waals surface area contributed by atoms with E-state index in [-0.39, 0.29) is 33.2 Å². The number of amides is 3. The molecule has 0 radical (unpaired) electrons. The molecule has 2 N–H and O–H groups in total. The van der Waals surface area contributed by atoms with Gasteiger partial charge in [0.05, 0.1) is 17.2 Å². The fourth-order valence-electron chi connectivity index (χ4n) is 6.97. The minimum absolute atomic E-state index is 0.0116. The Morgan fingerprint density at radius 3 is 1.88 bits per heavy atom. The van der Waals surface area contributed by atoms with Gasteiger partial charge in [0.15, 0.2) is 0 Å². The average molecular weight is 801 g/mol. The highest BCUT2D eigenvalue weighted by atomic mass is 32.2. The molecule has 0 aromatic heterocycles. The van der Waals surface area contributed by atoms with Crippen molar-refractivity contribution in [2.75, 3.05) is 19.6 Å². The monoisotopic (exact) mass is 800 g/mol. The van der Waals surface area contributed by atoms with Gasteiger partial charge in [-0.15, -0.1) is 0 Å². The van der Waals surface area contributed by atoms with Crippen molar-refractivity contribution in [3.8, 4) is 6.07 Å². The number of benzene rings is 3. The summed E-state index contributed by atoms with van der Waals surface area (Å²) >= 11 is 0. The number of nitrogens with zero attached hydrogens (tertiary/aromatic N) is 4. The van der Waals surface area contributed by atoms with Crippen LogP contribution in [0.25, 0.3) is 9.81 Å². The Hall–Kier alpha value is -5.46. The first-order valence-corrected chi connectivity index (χ1v) is 21.3. The Morgan fingerprint density at radius 2 is 1.38 bits per heavy atom. The van der Waals surface area contributed by atoms with Crippen molar-refractivity contribution in [2.24, 2.45) is 0 Å². The lowest BCUT2D eigenvalue weighted by molar-refractivity contribution is -0.130. The molecule has 0 bridgehead atoms. The summed E-state index contributed by atoms with van der Waals surface area (Å²) in [4.78, 5) is 39.4. The predicted molar refractivity (Wildman–Crippen MR) is 214 cm³/mol. The Morgan fingerprint density at radius 1 is 0.821 bits per heavy atom. The summed E-state index contributed by atoms with van der Waals surface area (Å²) in [6.07, 6.45) is 1.87. The van der Waals surface area contributed by atoms with Gasteiger partial charge < -0.3 is 15.5 Å². The Balaban J connectivity index is 0.000000214. The molecule has 6 rings (SSSR count). The van der Waals surface area contributed by atoms with Crippen LogP contribution in [0.2, 0.25) is 0 Å². The van der Waals surface area contributed by atoms with Crippen LogP contribution < -0.4 is 10.6 Å². The standard InChI is InChI=1S/C21H21N3O3S.C20H27N3O4S/c1-15(2)24-21(25)19(20(28(24,26)27)18-9-4-3-5-10-18)23-12-11-16-7-6-8-17(13-16)14-22;1-14(24)22-12-10-16(11-13-22)21-17-18(15-8-6-5-7-9-15)28(26,27)23(19(17)25)20(2,3)4/h3-10,13,15,23H,11-12H2,1-2H3;5-9,16,21H,10-13H2,1-4H3. The number of nitriles is 1. The van der Waals surface area contributed by atoms with Crippen molar-refractivity contribution in [1.29, 1.82) is 5.26 Å². The van der Waals surface area contributed by atoms with Crippen LogP contribution in [0, 0.1) is 11.3 Å². The number of hydrogen-bond donors (Lipinski definition) is 2. The Bertz CT molecular complexity index is 2300. The van der Waals surface area contributed by atoms with Crippen molar-refractivity contribution in [2.45, 2.75) is 78.4 Å². The van der Waals surface area contributed by atoms with Crippen LogP contribution in [0.3, 0.4) is 0 Å². The molecule has 1 fully saturated rings. The summed E-state index contributed by atoms with van der Waals surface area (Å²) < 4.78 is 54.6. The maximum Gasteiger partial charge on any atom is 0.285 e. The van der Waals surface area contributed by atoms with Crippen LogP contribution in [0.4, 0.5) is 0 Å². The number of rotatable bonds is 9. The van der Waals surface area contributed by atoms with Gasteiger partial charge in [0.25, 0.3) is 31.9 Å². The number of likely N-dealkylation sites (tertiary alicyclic amines) is 1. The number of piperidine rings is 1. The molecule has 3 heterocycles. The number of sulfonamides is 2. The van der Waals surface area contributed by atoms with E-state index in [1.807, 2.05) is 6.07 Å². The second-order valence-corrected chi connectivity index (χ2v) is 18.5. The van der Waals surface area contributed by atoms with Crippen molar-refractivity contribution in [3.05, 3.63) is 119 Å². The lowest BCUT2D eigenvalue weighted by Crippen LogP contribution is -2.48. The molecule has 296 valence electrons.